The molecule has 3 aromatic carbocycles. The number of aliphatic hydroxyl groups is 1. The SMILES string of the molecule is Cc1ccc(OCc2ccccc2)c([C@H](CCO)c2ccccc2)c1. The Hall–Kier alpha value is -2.58. The van der Waals surface area contributed by atoms with E-state index in [4.69, 9.17) is 4.74 Å². The van der Waals surface area contributed by atoms with Crippen LogP contribution in [0.4, 0.5) is 0 Å². The van der Waals surface area contributed by atoms with Crippen LogP contribution in [0.5, 0.6) is 5.75 Å². The molecular weight excluding hydrogens is 308 g/mol. The van der Waals surface area contributed by atoms with Gasteiger partial charge in [-0.25, -0.2) is 0 Å². The van der Waals surface area contributed by atoms with E-state index < -0.39 is 0 Å². The first-order chi connectivity index (χ1) is 12.3. The number of ether oxygens (including phenoxy) is 1. The van der Waals surface area contributed by atoms with Crippen molar-refractivity contribution in [2.45, 2.75) is 25.9 Å². The molecule has 3 aromatic rings. The summed E-state index contributed by atoms with van der Waals surface area (Å²) in [7, 11) is 0. The van der Waals surface area contributed by atoms with Crippen molar-refractivity contribution in [1.82, 2.24) is 0 Å². The summed E-state index contributed by atoms with van der Waals surface area (Å²) in [4.78, 5) is 0. The van der Waals surface area contributed by atoms with Crippen molar-refractivity contribution < 1.29 is 9.84 Å². The second-order valence-corrected chi connectivity index (χ2v) is 6.29. The van der Waals surface area contributed by atoms with Gasteiger partial charge in [0.15, 0.2) is 0 Å². The fourth-order valence-corrected chi connectivity index (χ4v) is 3.12. The molecule has 128 valence electrons. The second kappa shape index (κ2) is 8.50. The largest absolute Gasteiger partial charge is 0.489 e. The van der Waals surface area contributed by atoms with E-state index >= 15 is 0 Å². The van der Waals surface area contributed by atoms with E-state index in [9.17, 15) is 5.11 Å². The highest BCUT2D eigenvalue weighted by Gasteiger charge is 2.18. The van der Waals surface area contributed by atoms with Gasteiger partial charge in [0.2, 0.25) is 0 Å². The van der Waals surface area contributed by atoms with Crippen molar-refractivity contribution >= 4 is 0 Å². The van der Waals surface area contributed by atoms with E-state index in [0.717, 1.165) is 16.9 Å². The smallest absolute Gasteiger partial charge is 0.123 e. The van der Waals surface area contributed by atoms with Crippen molar-refractivity contribution in [2.75, 3.05) is 6.61 Å². The summed E-state index contributed by atoms with van der Waals surface area (Å²) in [5.41, 5.74) is 4.68. The van der Waals surface area contributed by atoms with Gasteiger partial charge in [-0.2, -0.15) is 0 Å². The van der Waals surface area contributed by atoms with E-state index in [2.05, 4.69) is 43.3 Å². The molecule has 2 heteroatoms. The zero-order valence-corrected chi connectivity index (χ0v) is 14.6. The Kier molecular flexibility index (Phi) is 5.86. The minimum Gasteiger partial charge on any atom is -0.489 e. The van der Waals surface area contributed by atoms with Gasteiger partial charge in [0.1, 0.15) is 12.4 Å². The molecule has 0 spiro atoms. The molecule has 0 fully saturated rings. The molecule has 1 atom stereocenters. The molecule has 0 saturated carbocycles. The fourth-order valence-electron chi connectivity index (χ4n) is 3.12. The second-order valence-electron chi connectivity index (χ2n) is 6.29. The van der Waals surface area contributed by atoms with Crippen LogP contribution >= 0.6 is 0 Å². The summed E-state index contributed by atoms with van der Waals surface area (Å²) in [5.74, 6) is 1.01. The molecule has 0 heterocycles. The topological polar surface area (TPSA) is 29.5 Å². The Morgan fingerprint density at radius 1 is 0.880 bits per heavy atom. The van der Waals surface area contributed by atoms with E-state index in [1.807, 2.05) is 42.5 Å². The number of hydrogen-bond donors (Lipinski definition) is 1. The summed E-state index contributed by atoms with van der Waals surface area (Å²) < 4.78 is 6.15. The third-order valence-corrected chi connectivity index (χ3v) is 4.40. The summed E-state index contributed by atoms with van der Waals surface area (Å²) in [6, 6.07) is 26.8. The lowest BCUT2D eigenvalue weighted by atomic mass is 9.87. The van der Waals surface area contributed by atoms with Crippen LogP contribution in [0.1, 0.15) is 34.6 Å². The van der Waals surface area contributed by atoms with Crippen LogP contribution in [0.3, 0.4) is 0 Å². The molecule has 2 nitrogen and oxygen atoms in total. The predicted octanol–water partition coefficient (Wildman–Crippen LogP) is 5.09. The van der Waals surface area contributed by atoms with Crippen molar-refractivity contribution in [3.8, 4) is 5.75 Å². The minimum absolute atomic E-state index is 0.122. The van der Waals surface area contributed by atoms with Crippen molar-refractivity contribution in [1.29, 1.82) is 0 Å². The normalized spacial score (nSPS) is 11.9. The molecule has 0 aliphatic carbocycles. The maximum atomic E-state index is 9.59. The molecule has 0 amide bonds. The van der Waals surface area contributed by atoms with Gasteiger partial charge in [0.05, 0.1) is 0 Å². The first-order valence-corrected chi connectivity index (χ1v) is 8.71. The number of aliphatic hydroxyl groups excluding tert-OH is 1. The molecule has 0 bridgehead atoms. The maximum Gasteiger partial charge on any atom is 0.123 e. The summed E-state index contributed by atoms with van der Waals surface area (Å²) in [6.45, 7) is 2.77. The quantitative estimate of drug-likeness (QED) is 0.653. The molecule has 0 saturated heterocycles. The van der Waals surface area contributed by atoms with E-state index in [-0.39, 0.29) is 12.5 Å². The van der Waals surface area contributed by atoms with Crippen LogP contribution in [0.25, 0.3) is 0 Å². The molecule has 0 aliphatic rings. The van der Waals surface area contributed by atoms with Gasteiger partial charge >= 0.3 is 0 Å². The van der Waals surface area contributed by atoms with Crippen molar-refractivity contribution in [3.63, 3.8) is 0 Å². The van der Waals surface area contributed by atoms with Gasteiger partial charge in [-0.15, -0.1) is 0 Å². The highest BCUT2D eigenvalue weighted by atomic mass is 16.5. The lowest BCUT2D eigenvalue weighted by molar-refractivity contribution is 0.276. The minimum atomic E-state index is 0.122. The Labute approximate surface area is 149 Å². The highest BCUT2D eigenvalue weighted by molar-refractivity contribution is 5.44. The first kappa shape index (κ1) is 17.2. The zero-order chi connectivity index (χ0) is 17.5. The molecule has 25 heavy (non-hydrogen) atoms. The molecule has 1 N–H and O–H groups in total. The molecule has 3 rings (SSSR count). The number of hydrogen-bond acceptors (Lipinski definition) is 2. The molecule has 0 aliphatic heterocycles. The third-order valence-electron chi connectivity index (χ3n) is 4.40. The van der Waals surface area contributed by atoms with Crippen LogP contribution in [-0.4, -0.2) is 11.7 Å². The summed E-state index contributed by atoms with van der Waals surface area (Å²) in [6.07, 6.45) is 0.676. The van der Waals surface area contributed by atoms with E-state index in [1.54, 1.807) is 0 Å². The van der Waals surface area contributed by atoms with Crippen LogP contribution in [0, 0.1) is 6.92 Å². The fraction of sp³-hybridized carbons (Fsp3) is 0.217. The molecule has 0 aromatic heterocycles. The predicted molar refractivity (Wildman–Crippen MR) is 102 cm³/mol. The lowest BCUT2D eigenvalue weighted by Crippen LogP contribution is -2.07. The van der Waals surface area contributed by atoms with Crippen molar-refractivity contribution in [2.24, 2.45) is 0 Å². The summed E-state index contributed by atoms with van der Waals surface area (Å²) in [5, 5.41) is 9.59. The van der Waals surface area contributed by atoms with Crippen LogP contribution in [0.15, 0.2) is 78.9 Å². The van der Waals surface area contributed by atoms with Gasteiger partial charge in [0.25, 0.3) is 0 Å². The molecular formula is C23H24O2. The van der Waals surface area contributed by atoms with Gasteiger partial charge in [-0.3, -0.25) is 0 Å². The van der Waals surface area contributed by atoms with Gasteiger partial charge in [-0.1, -0.05) is 78.4 Å². The molecule has 0 radical (unpaired) electrons. The Morgan fingerprint density at radius 3 is 2.24 bits per heavy atom. The van der Waals surface area contributed by atoms with Gasteiger partial charge < -0.3 is 9.84 Å². The molecule has 0 unspecified atom stereocenters. The van der Waals surface area contributed by atoms with Crippen LogP contribution in [0.2, 0.25) is 0 Å². The Balaban J connectivity index is 1.91. The van der Waals surface area contributed by atoms with Gasteiger partial charge in [-0.05, 0) is 30.5 Å². The van der Waals surface area contributed by atoms with E-state index in [0.29, 0.717) is 13.0 Å². The monoisotopic (exact) mass is 332 g/mol. The maximum absolute atomic E-state index is 9.59. The third kappa shape index (κ3) is 4.49. The zero-order valence-electron chi connectivity index (χ0n) is 14.6. The van der Waals surface area contributed by atoms with Gasteiger partial charge in [0, 0.05) is 18.1 Å². The highest BCUT2D eigenvalue weighted by Crippen LogP contribution is 2.35. The number of aryl methyl sites for hydroxylation is 1. The Morgan fingerprint density at radius 2 is 1.56 bits per heavy atom. The number of benzene rings is 3. The van der Waals surface area contributed by atoms with Crippen LogP contribution in [-0.2, 0) is 6.61 Å². The Bertz CT molecular complexity index is 782. The van der Waals surface area contributed by atoms with E-state index in [1.165, 1.54) is 11.1 Å². The lowest BCUT2D eigenvalue weighted by Gasteiger charge is -2.21. The number of rotatable bonds is 7. The standard InChI is InChI=1S/C23H24O2/c1-18-12-13-23(25-17-19-8-4-2-5-9-19)22(16-18)21(14-15-24)20-10-6-3-7-11-20/h2-13,16,21,24H,14-15,17H2,1H3/t21-/m1/s1. The average molecular weight is 332 g/mol. The van der Waals surface area contributed by atoms with Crippen molar-refractivity contribution in [3.05, 3.63) is 101 Å². The first-order valence-electron chi connectivity index (χ1n) is 8.71. The summed E-state index contributed by atoms with van der Waals surface area (Å²) >= 11 is 0. The van der Waals surface area contributed by atoms with Crippen LogP contribution < -0.4 is 4.74 Å². The average Bonchev–Trinajstić information content (AvgIpc) is 2.66.